The first-order valence-electron chi connectivity index (χ1n) is 10.7. The topological polar surface area (TPSA) is 81.4 Å². The Bertz CT molecular complexity index is 1170. The third-order valence-corrected chi connectivity index (χ3v) is 6.80. The number of ether oxygens (including phenoxy) is 1. The maximum Gasteiger partial charge on any atom is 0.292 e. The third kappa shape index (κ3) is 3.65. The number of halogens is 1. The SMILES string of the molecule is Cc1c(C(=O)Nc2ccc(Br)cn2)oc2ccc3c(c12)C(=O)CC1(CCCCCC1)O3. The predicted octanol–water partition coefficient (Wildman–Crippen LogP) is 6.21. The molecule has 1 aromatic carbocycles. The Balaban J connectivity index is 1.51. The molecule has 5 rings (SSSR count). The van der Waals surface area contributed by atoms with Gasteiger partial charge in [0.05, 0.1) is 12.0 Å². The van der Waals surface area contributed by atoms with E-state index < -0.39 is 5.91 Å². The molecule has 1 fully saturated rings. The van der Waals surface area contributed by atoms with Gasteiger partial charge in [0.1, 0.15) is 22.8 Å². The minimum absolute atomic E-state index is 0.0687. The molecule has 1 aliphatic carbocycles. The van der Waals surface area contributed by atoms with E-state index in [9.17, 15) is 9.59 Å². The average Bonchev–Trinajstić information content (AvgIpc) is 2.93. The lowest BCUT2D eigenvalue weighted by Crippen LogP contribution is -2.41. The zero-order valence-electron chi connectivity index (χ0n) is 17.3. The van der Waals surface area contributed by atoms with E-state index >= 15 is 0 Å². The van der Waals surface area contributed by atoms with Crippen LogP contribution in [0.15, 0.2) is 39.4 Å². The van der Waals surface area contributed by atoms with Gasteiger partial charge in [0.25, 0.3) is 5.91 Å². The van der Waals surface area contributed by atoms with Crippen LogP contribution >= 0.6 is 15.9 Å². The summed E-state index contributed by atoms with van der Waals surface area (Å²) >= 11 is 3.33. The highest BCUT2D eigenvalue weighted by atomic mass is 79.9. The number of amides is 1. The molecule has 1 N–H and O–H groups in total. The number of furan rings is 1. The fourth-order valence-corrected chi connectivity index (χ4v) is 5.06. The summed E-state index contributed by atoms with van der Waals surface area (Å²) in [5, 5.41) is 3.42. The predicted molar refractivity (Wildman–Crippen MR) is 121 cm³/mol. The summed E-state index contributed by atoms with van der Waals surface area (Å²) in [4.78, 5) is 30.3. The Labute approximate surface area is 188 Å². The lowest BCUT2D eigenvalue weighted by molar-refractivity contribution is 0.0301. The zero-order valence-corrected chi connectivity index (χ0v) is 18.9. The van der Waals surface area contributed by atoms with Crippen molar-refractivity contribution in [2.45, 2.75) is 57.5 Å². The minimum atomic E-state index is -0.401. The summed E-state index contributed by atoms with van der Waals surface area (Å²) in [6.45, 7) is 1.80. The van der Waals surface area contributed by atoms with Crippen molar-refractivity contribution in [1.82, 2.24) is 4.98 Å². The van der Waals surface area contributed by atoms with Crippen LogP contribution in [0.25, 0.3) is 11.0 Å². The van der Waals surface area contributed by atoms with Gasteiger partial charge >= 0.3 is 0 Å². The van der Waals surface area contributed by atoms with Gasteiger partial charge in [0.15, 0.2) is 11.5 Å². The molecule has 1 amide bonds. The van der Waals surface area contributed by atoms with Crippen molar-refractivity contribution in [1.29, 1.82) is 0 Å². The Morgan fingerprint density at radius 2 is 1.90 bits per heavy atom. The molecule has 0 radical (unpaired) electrons. The third-order valence-electron chi connectivity index (χ3n) is 6.33. The van der Waals surface area contributed by atoms with E-state index in [4.69, 9.17) is 9.15 Å². The number of hydrogen-bond donors (Lipinski definition) is 1. The van der Waals surface area contributed by atoms with Crippen LogP contribution in [0.2, 0.25) is 0 Å². The van der Waals surface area contributed by atoms with Crippen molar-refractivity contribution in [3.8, 4) is 5.75 Å². The van der Waals surface area contributed by atoms with Crippen LogP contribution in [-0.4, -0.2) is 22.3 Å². The standard InChI is InChI=1S/C24H23BrN2O4/c1-14-20-17(30-22(14)23(29)27-19-9-6-15(25)13-26-19)7-8-18-21(20)16(28)12-24(31-18)10-4-2-3-5-11-24/h6-9,13H,2-5,10-12H2,1H3,(H,26,27,29). The summed E-state index contributed by atoms with van der Waals surface area (Å²) in [6.07, 6.45) is 8.37. The number of anilines is 1. The second-order valence-corrected chi connectivity index (χ2v) is 9.40. The van der Waals surface area contributed by atoms with Crippen LogP contribution in [-0.2, 0) is 0 Å². The van der Waals surface area contributed by atoms with E-state index in [2.05, 4.69) is 26.2 Å². The summed E-state index contributed by atoms with van der Waals surface area (Å²) < 4.78 is 13.2. The van der Waals surface area contributed by atoms with Crippen molar-refractivity contribution in [3.05, 3.63) is 51.8 Å². The highest BCUT2D eigenvalue weighted by Crippen LogP contribution is 2.44. The fraction of sp³-hybridized carbons (Fsp3) is 0.375. The largest absolute Gasteiger partial charge is 0.486 e. The number of fused-ring (bicyclic) bond motifs is 3. The number of aryl methyl sites for hydroxylation is 1. The van der Waals surface area contributed by atoms with E-state index in [1.54, 1.807) is 31.3 Å². The number of nitrogens with zero attached hydrogens (tertiary/aromatic N) is 1. The molecule has 3 heterocycles. The molecule has 0 unspecified atom stereocenters. The maximum absolute atomic E-state index is 13.3. The maximum atomic E-state index is 13.3. The van der Waals surface area contributed by atoms with Crippen LogP contribution in [0.5, 0.6) is 5.75 Å². The highest BCUT2D eigenvalue weighted by Gasteiger charge is 2.42. The number of pyridine rings is 1. The molecular formula is C24H23BrN2O4. The normalized spacial score (nSPS) is 17.8. The quantitative estimate of drug-likeness (QED) is 0.469. The van der Waals surface area contributed by atoms with Gasteiger partial charge in [-0.05, 0) is 72.8 Å². The van der Waals surface area contributed by atoms with Gasteiger partial charge in [-0.2, -0.15) is 0 Å². The Hall–Kier alpha value is -2.67. The molecule has 1 saturated carbocycles. The van der Waals surface area contributed by atoms with Gasteiger partial charge in [-0.15, -0.1) is 0 Å². The molecule has 31 heavy (non-hydrogen) atoms. The minimum Gasteiger partial charge on any atom is -0.486 e. The van der Waals surface area contributed by atoms with Gasteiger partial charge in [0, 0.05) is 21.6 Å². The fourth-order valence-electron chi connectivity index (χ4n) is 4.83. The molecule has 0 saturated heterocycles. The summed E-state index contributed by atoms with van der Waals surface area (Å²) in [7, 11) is 0. The van der Waals surface area contributed by atoms with Crippen molar-refractivity contribution >= 4 is 44.4 Å². The Morgan fingerprint density at radius 1 is 1.13 bits per heavy atom. The van der Waals surface area contributed by atoms with Gasteiger partial charge < -0.3 is 14.5 Å². The summed E-state index contributed by atoms with van der Waals surface area (Å²) in [5.74, 6) is 0.873. The number of benzene rings is 1. The molecule has 7 heteroatoms. The van der Waals surface area contributed by atoms with Crippen LogP contribution in [0.4, 0.5) is 5.82 Å². The smallest absolute Gasteiger partial charge is 0.292 e. The van der Waals surface area contributed by atoms with Crippen molar-refractivity contribution in [3.63, 3.8) is 0 Å². The molecule has 1 spiro atoms. The number of hydrogen-bond acceptors (Lipinski definition) is 5. The second kappa shape index (κ2) is 7.79. The number of Topliss-reactive ketones (excluding diaryl/α,β-unsaturated/α-hetero) is 1. The first kappa shape index (κ1) is 20.2. The molecule has 6 nitrogen and oxygen atoms in total. The molecule has 1 aliphatic heterocycles. The second-order valence-electron chi connectivity index (χ2n) is 8.48. The Kier molecular flexibility index (Phi) is 5.08. The highest BCUT2D eigenvalue weighted by molar-refractivity contribution is 9.10. The first-order chi connectivity index (χ1) is 15.0. The zero-order chi connectivity index (χ0) is 21.6. The van der Waals surface area contributed by atoms with Crippen LogP contribution < -0.4 is 10.1 Å². The van der Waals surface area contributed by atoms with Crippen molar-refractivity contribution in [2.75, 3.05) is 5.32 Å². The molecule has 0 bridgehead atoms. The van der Waals surface area contributed by atoms with Crippen molar-refractivity contribution in [2.24, 2.45) is 0 Å². The van der Waals surface area contributed by atoms with Crippen LogP contribution in [0, 0.1) is 6.92 Å². The molecule has 160 valence electrons. The number of carbonyl (C=O) groups is 2. The van der Waals surface area contributed by atoms with Gasteiger partial charge in [-0.1, -0.05) is 12.8 Å². The number of aromatic nitrogens is 1. The molecule has 3 aromatic rings. The monoisotopic (exact) mass is 482 g/mol. The van der Waals surface area contributed by atoms with Crippen LogP contribution in [0.1, 0.15) is 71.4 Å². The van der Waals surface area contributed by atoms with Gasteiger partial charge in [0.2, 0.25) is 0 Å². The molecular weight excluding hydrogens is 460 g/mol. The van der Waals surface area contributed by atoms with Gasteiger partial charge in [-0.25, -0.2) is 4.98 Å². The van der Waals surface area contributed by atoms with E-state index in [0.717, 1.165) is 30.2 Å². The van der Waals surface area contributed by atoms with E-state index in [-0.39, 0.29) is 17.1 Å². The number of ketones is 1. The van der Waals surface area contributed by atoms with Gasteiger partial charge in [-0.3, -0.25) is 9.59 Å². The Morgan fingerprint density at radius 3 is 2.61 bits per heavy atom. The molecule has 0 atom stereocenters. The lowest BCUT2D eigenvalue weighted by atomic mass is 9.83. The number of nitrogens with one attached hydrogen (secondary N) is 1. The number of rotatable bonds is 2. The average molecular weight is 483 g/mol. The van der Waals surface area contributed by atoms with Crippen molar-refractivity contribution < 1.29 is 18.7 Å². The van der Waals surface area contributed by atoms with E-state index in [1.807, 2.05) is 6.07 Å². The van der Waals surface area contributed by atoms with E-state index in [1.165, 1.54) is 12.8 Å². The van der Waals surface area contributed by atoms with Crippen LogP contribution in [0.3, 0.4) is 0 Å². The summed E-state index contributed by atoms with van der Waals surface area (Å²) in [5.41, 5.74) is 1.29. The molecule has 2 aromatic heterocycles. The summed E-state index contributed by atoms with van der Waals surface area (Å²) in [6, 6.07) is 7.09. The molecule has 2 aliphatic rings. The lowest BCUT2D eigenvalue weighted by Gasteiger charge is -2.37. The first-order valence-corrected chi connectivity index (χ1v) is 11.5. The number of carbonyl (C=O) groups excluding carboxylic acids is 2. The van der Waals surface area contributed by atoms with E-state index in [0.29, 0.717) is 40.1 Å².